The molecule has 11 nitrogen and oxygen atoms in total. The first-order chi connectivity index (χ1) is 19.9. The lowest BCUT2D eigenvalue weighted by Crippen LogP contribution is -2.24. The number of aryl methyl sites for hydroxylation is 1. The largest absolute Gasteiger partial charge is 0.381 e. The maximum absolute atomic E-state index is 13.4. The number of carbonyl (C=O) groups excluding carboxylic acids is 1. The van der Waals surface area contributed by atoms with Crippen LogP contribution in [0.4, 0.5) is 5.82 Å². The number of aromatic amines is 1. The van der Waals surface area contributed by atoms with Crippen LogP contribution >= 0.6 is 0 Å². The van der Waals surface area contributed by atoms with Crippen LogP contribution in [0.25, 0.3) is 22.2 Å². The highest BCUT2D eigenvalue weighted by Crippen LogP contribution is 2.17. The number of aromatic nitrogens is 6. The van der Waals surface area contributed by atoms with Gasteiger partial charge in [0.2, 0.25) is 5.56 Å². The molecule has 0 saturated heterocycles. The average molecular weight is 545 g/mol. The molecule has 0 atom stereocenters. The number of hydrogen-bond acceptors (Lipinski definition) is 7. The molecule has 0 bridgehead atoms. The fraction of sp³-hybridized carbons (Fsp3) is 0.0667. The summed E-state index contributed by atoms with van der Waals surface area (Å²) in [7, 11) is 0. The van der Waals surface area contributed by atoms with Gasteiger partial charge < -0.3 is 16.5 Å². The molecule has 41 heavy (non-hydrogen) atoms. The first-order valence-electron chi connectivity index (χ1n) is 12.6. The normalized spacial score (nSPS) is 10.5. The van der Waals surface area contributed by atoms with Gasteiger partial charge in [-0.2, -0.15) is 0 Å². The zero-order valence-corrected chi connectivity index (χ0v) is 21.9. The van der Waals surface area contributed by atoms with E-state index in [1.54, 1.807) is 35.3 Å². The lowest BCUT2D eigenvalue weighted by molar-refractivity contribution is 0.100. The van der Waals surface area contributed by atoms with Crippen molar-refractivity contribution in [3.63, 3.8) is 0 Å². The second-order valence-electron chi connectivity index (χ2n) is 8.76. The van der Waals surface area contributed by atoms with Crippen molar-refractivity contribution in [2.75, 3.05) is 5.73 Å². The fourth-order valence-electron chi connectivity index (χ4n) is 4.23. The topological polar surface area (TPSA) is 167 Å². The van der Waals surface area contributed by atoms with Crippen molar-refractivity contribution in [1.82, 2.24) is 29.1 Å². The van der Waals surface area contributed by atoms with Crippen LogP contribution < -0.4 is 22.6 Å². The molecule has 2 aromatic carbocycles. The number of carbonyl (C=O) groups is 1. The van der Waals surface area contributed by atoms with Crippen LogP contribution in [-0.4, -0.2) is 35.0 Å². The van der Waals surface area contributed by atoms with Crippen LogP contribution in [0.1, 0.15) is 34.2 Å². The van der Waals surface area contributed by atoms with Gasteiger partial charge in [0.15, 0.2) is 11.5 Å². The van der Waals surface area contributed by atoms with Gasteiger partial charge in [0.25, 0.3) is 11.5 Å². The monoisotopic (exact) mass is 544 g/mol. The van der Waals surface area contributed by atoms with E-state index in [0.717, 1.165) is 5.69 Å². The van der Waals surface area contributed by atoms with Crippen molar-refractivity contribution >= 4 is 28.3 Å². The summed E-state index contributed by atoms with van der Waals surface area (Å²) in [5.74, 6) is 6.24. The maximum Gasteiger partial charge on any atom is 0.267 e. The molecule has 1 amide bonds. The lowest BCUT2D eigenvalue weighted by atomic mass is 10.1. The number of anilines is 1. The summed E-state index contributed by atoms with van der Waals surface area (Å²) in [4.78, 5) is 46.8. The minimum atomic E-state index is -0.619. The Balaban J connectivity index is 0.000000216. The third-order valence-electron chi connectivity index (χ3n) is 6.09. The molecular weight excluding hydrogens is 520 g/mol. The van der Waals surface area contributed by atoms with Gasteiger partial charge in [-0.05, 0) is 36.4 Å². The van der Waals surface area contributed by atoms with Crippen LogP contribution in [0.3, 0.4) is 0 Å². The number of H-pyrrole nitrogens is 1. The number of benzene rings is 2. The molecule has 0 spiro atoms. The fourth-order valence-corrected chi connectivity index (χ4v) is 4.23. The molecule has 0 aliphatic carbocycles. The molecule has 0 aliphatic heterocycles. The van der Waals surface area contributed by atoms with Crippen LogP contribution in [0.2, 0.25) is 0 Å². The van der Waals surface area contributed by atoms with Crippen molar-refractivity contribution < 1.29 is 4.79 Å². The summed E-state index contributed by atoms with van der Waals surface area (Å²) in [5, 5.41) is 4.35. The number of nitrogen functional groups attached to an aromatic ring is 1. The summed E-state index contributed by atoms with van der Waals surface area (Å²) in [6, 6.07) is 19.7. The van der Waals surface area contributed by atoms with E-state index in [0.29, 0.717) is 39.9 Å². The van der Waals surface area contributed by atoms with E-state index in [1.165, 1.54) is 10.6 Å². The van der Waals surface area contributed by atoms with Gasteiger partial charge in [-0.1, -0.05) is 43.0 Å². The summed E-state index contributed by atoms with van der Waals surface area (Å²) in [6.07, 6.45) is 5.37. The zero-order valence-electron chi connectivity index (χ0n) is 21.9. The van der Waals surface area contributed by atoms with Crippen molar-refractivity contribution in [3.8, 4) is 17.5 Å². The minimum Gasteiger partial charge on any atom is -0.381 e. The average Bonchev–Trinajstić information content (AvgIpc) is 3.33. The molecule has 0 aliphatic rings. The van der Waals surface area contributed by atoms with Gasteiger partial charge in [0.1, 0.15) is 11.4 Å². The molecule has 0 fully saturated rings. The molecule has 0 saturated carbocycles. The highest BCUT2D eigenvalue weighted by atomic mass is 16.1. The molecule has 6 aromatic rings. The highest BCUT2D eigenvalue weighted by molar-refractivity contribution is 6.03. The Morgan fingerprint density at radius 3 is 2.51 bits per heavy atom. The third kappa shape index (κ3) is 5.43. The Kier molecular flexibility index (Phi) is 7.38. The van der Waals surface area contributed by atoms with E-state index in [-0.39, 0.29) is 22.5 Å². The number of pyridine rings is 1. The maximum atomic E-state index is 13.4. The predicted molar refractivity (Wildman–Crippen MR) is 156 cm³/mol. The first-order valence-corrected chi connectivity index (χ1v) is 12.6. The molecule has 202 valence electrons. The smallest absolute Gasteiger partial charge is 0.267 e. The number of amides is 1. The Hall–Kier alpha value is -6.02. The highest BCUT2D eigenvalue weighted by Gasteiger charge is 2.16. The number of rotatable bonds is 3. The van der Waals surface area contributed by atoms with Crippen LogP contribution in [0.5, 0.6) is 0 Å². The molecule has 0 radical (unpaired) electrons. The van der Waals surface area contributed by atoms with Gasteiger partial charge >= 0.3 is 0 Å². The number of primary amides is 1. The van der Waals surface area contributed by atoms with Crippen LogP contribution in [0.15, 0.2) is 94.9 Å². The lowest BCUT2D eigenvalue weighted by Gasteiger charge is -2.13. The van der Waals surface area contributed by atoms with E-state index in [9.17, 15) is 14.4 Å². The number of nitrogens with one attached hydrogen (secondary N) is 1. The Bertz CT molecular complexity index is 2060. The predicted octanol–water partition coefficient (Wildman–Crippen LogP) is 2.45. The Labute approximate surface area is 233 Å². The Morgan fingerprint density at radius 1 is 1.00 bits per heavy atom. The SMILES string of the molecule is CCc1nc2cccc(C#Cc3ccc(=O)[nH]c3)c2c(=O)n1-c1ccccc1.NC(=O)c1c(N)nn2cccnc12. The van der Waals surface area contributed by atoms with Gasteiger partial charge in [-0.3, -0.25) is 19.0 Å². The first kappa shape index (κ1) is 26.6. The molecule has 6 rings (SSSR count). The number of nitrogens with zero attached hydrogens (tertiary/aromatic N) is 5. The molecule has 4 heterocycles. The van der Waals surface area contributed by atoms with E-state index in [4.69, 9.17) is 16.5 Å². The zero-order chi connectivity index (χ0) is 28.9. The van der Waals surface area contributed by atoms with Gasteiger partial charge in [0.05, 0.1) is 16.6 Å². The number of hydrogen-bond donors (Lipinski definition) is 3. The molecular formula is C30H24N8O3. The van der Waals surface area contributed by atoms with Gasteiger partial charge in [0, 0.05) is 42.2 Å². The molecule has 5 N–H and O–H groups in total. The van der Waals surface area contributed by atoms with Crippen LogP contribution in [0, 0.1) is 11.8 Å². The van der Waals surface area contributed by atoms with E-state index in [2.05, 4.69) is 26.9 Å². The molecule has 0 unspecified atom stereocenters. The number of nitrogens with two attached hydrogens (primary N) is 2. The summed E-state index contributed by atoms with van der Waals surface area (Å²) in [5.41, 5.74) is 13.5. The number of fused-ring (bicyclic) bond motifs is 2. The quantitative estimate of drug-likeness (QED) is 0.288. The summed E-state index contributed by atoms with van der Waals surface area (Å²) < 4.78 is 3.06. The second-order valence-corrected chi connectivity index (χ2v) is 8.76. The third-order valence-corrected chi connectivity index (χ3v) is 6.09. The van der Waals surface area contributed by atoms with Crippen molar-refractivity contribution in [1.29, 1.82) is 0 Å². The van der Waals surface area contributed by atoms with Crippen molar-refractivity contribution in [3.05, 3.63) is 129 Å². The Morgan fingerprint density at radius 2 is 1.80 bits per heavy atom. The van der Waals surface area contributed by atoms with Crippen LogP contribution in [-0.2, 0) is 6.42 Å². The second kappa shape index (κ2) is 11.4. The molecule has 11 heteroatoms. The molecule has 4 aromatic heterocycles. The van der Waals surface area contributed by atoms with E-state index < -0.39 is 5.91 Å². The standard InChI is InChI=1S/C23H17N3O2.C7H7N5O/c1-2-20-25-19-10-6-7-17(13-11-16-12-14-21(27)24-15-16)22(19)23(28)26(20)18-8-4-3-5-9-18;8-5-4(6(9)13)7-10-2-1-3-12(7)11-5/h3-10,12,14-15H,2H2,1H3,(H,24,27);1-3H,(H2,8,11)(H2,9,13). The minimum absolute atomic E-state index is 0.103. The van der Waals surface area contributed by atoms with Gasteiger partial charge in [-0.15, -0.1) is 5.10 Å². The number of para-hydroxylation sites is 1. The van der Waals surface area contributed by atoms with Crippen molar-refractivity contribution in [2.45, 2.75) is 13.3 Å². The van der Waals surface area contributed by atoms with E-state index >= 15 is 0 Å². The summed E-state index contributed by atoms with van der Waals surface area (Å²) in [6.45, 7) is 1.98. The van der Waals surface area contributed by atoms with Gasteiger partial charge in [-0.25, -0.2) is 14.5 Å². The van der Waals surface area contributed by atoms with E-state index in [1.807, 2.05) is 55.5 Å². The van der Waals surface area contributed by atoms with Crippen molar-refractivity contribution in [2.24, 2.45) is 5.73 Å². The summed E-state index contributed by atoms with van der Waals surface area (Å²) >= 11 is 0.